The minimum atomic E-state index is -0.199. The van der Waals surface area contributed by atoms with Gasteiger partial charge in [0.05, 0.1) is 10.6 Å². The normalized spacial score (nSPS) is 19.1. The van der Waals surface area contributed by atoms with Crippen molar-refractivity contribution in [2.75, 3.05) is 6.79 Å². The molecule has 4 rings (SSSR count). The number of nitrogens with zero attached hydrogens (tertiary/aromatic N) is 1. The van der Waals surface area contributed by atoms with Crippen LogP contribution in [0.4, 0.5) is 5.69 Å². The van der Waals surface area contributed by atoms with Crippen molar-refractivity contribution in [2.45, 2.75) is 0 Å². The lowest BCUT2D eigenvalue weighted by molar-refractivity contribution is -0.115. The molecule has 0 atom stereocenters. The highest BCUT2D eigenvalue weighted by molar-refractivity contribution is 8.18. The van der Waals surface area contributed by atoms with Gasteiger partial charge in [0.1, 0.15) is 5.75 Å². The van der Waals surface area contributed by atoms with Gasteiger partial charge in [-0.15, -0.1) is 0 Å². The van der Waals surface area contributed by atoms with Gasteiger partial charge in [-0.3, -0.25) is 4.79 Å². The smallest absolute Gasteiger partial charge is 0.264 e. The number of phenolic OH excluding ortho intramolecular Hbond substituents is 1. The summed E-state index contributed by atoms with van der Waals surface area (Å²) in [6.45, 7) is 0.216. The van der Waals surface area contributed by atoms with Gasteiger partial charge in [-0.25, -0.2) is 4.99 Å². The number of thioether (sulfide) groups is 1. The molecule has 0 spiro atoms. The first kappa shape index (κ1) is 14.6. The number of benzene rings is 2. The summed E-state index contributed by atoms with van der Waals surface area (Å²) < 4.78 is 10.6. The van der Waals surface area contributed by atoms with Gasteiger partial charge in [0.15, 0.2) is 16.7 Å². The van der Waals surface area contributed by atoms with E-state index in [0.717, 1.165) is 5.56 Å². The zero-order chi connectivity index (χ0) is 16.5. The highest BCUT2D eigenvalue weighted by Crippen LogP contribution is 2.34. The molecular weight excluding hydrogens is 328 g/mol. The average molecular weight is 340 g/mol. The van der Waals surface area contributed by atoms with E-state index in [9.17, 15) is 9.90 Å². The summed E-state index contributed by atoms with van der Waals surface area (Å²) in [5.41, 5.74) is 1.50. The topological polar surface area (TPSA) is 80.2 Å². The molecule has 0 unspecified atom stereocenters. The molecule has 0 radical (unpaired) electrons. The number of hydrogen-bond donors (Lipinski definition) is 2. The molecular formula is C17H12N2O4S. The summed E-state index contributed by atoms with van der Waals surface area (Å²) in [6.07, 6.45) is 1.78. The van der Waals surface area contributed by atoms with Gasteiger partial charge in [-0.05, 0) is 59.8 Å². The molecule has 0 saturated carbocycles. The Hall–Kier alpha value is -2.93. The fourth-order valence-corrected chi connectivity index (χ4v) is 3.12. The lowest BCUT2D eigenvalue weighted by atomic mass is 10.2. The maximum absolute atomic E-state index is 12.1. The van der Waals surface area contributed by atoms with Crippen molar-refractivity contribution in [1.82, 2.24) is 5.32 Å². The van der Waals surface area contributed by atoms with Crippen LogP contribution in [0.3, 0.4) is 0 Å². The van der Waals surface area contributed by atoms with E-state index < -0.39 is 0 Å². The summed E-state index contributed by atoms with van der Waals surface area (Å²) in [5.74, 6) is 1.35. The van der Waals surface area contributed by atoms with Gasteiger partial charge in [-0.1, -0.05) is 6.07 Å². The number of ether oxygens (including phenoxy) is 2. The number of aliphatic imine (C=N–C) groups is 1. The molecule has 7 heteroatoms. The second kappa shape index (κ2) is 5.93. The molecule has 2 heterocycles. The molecule has 2 aromatic carbocycles. The molecule has 2 aliphatic rings. The zero-order valence-electron chi connectivity index (χ0n) is 12.4. The summed E-state index contributed by atoms with van der Waals surface area (Å²) >= 11 is 1.26. The van der Waals surface area contributed by atoms with Crippen molar-refractivity contribution in [1.29, 1.82) is 0 Å². The second-order valence-electron chi connectivity index (χ2n) is 5.11. The van der Waals surface area contributed by atoms with E-state index in [0.29, 0.717) is 27.3 Å². The van der Waals surface area contributed by atoms with Crippen LogP contribution < -0.4 is 14.8 Å². The van der Waals surface area contributed by atoms with Crippen LogP contribution in [-0.2, 0) is 4.79 Å². The van der Waals surface area contributed by atoms with E-state index in [4.69, 9.17) is 9.47 Å². The lowest BCUT2D eigenvalue weighted by Crippen LogP contribution is -2.19. The van der Waals surface area contributed by atoms with E-state index >= 15 is 0 Å². The van der Waals surface area contributed by atoms with E-state index in [2.05, 4.69) is 10.3 Å². The van der Waals surface area contributed by atoms with Crippen LogP contribution in [0.15, 0.2) is 52.4 Å². The number of hydrogen-bond acceptors (Lipinski definition) is 6. The van der Waals surface area contributed by atoms with Gasteiger partial charge in [0, 0.05) is 0 Å². The Kier molecular flexibility index (Phi) is 3.62. The van der Waals surface area contributed by atoms with Crippen LogP contribution in [0, 0.1) is 0 Å². The van der Waals surface area contributed by atoms with Crippen molar-refractivity contribution in [3.63, 3.8) is 0 Å². The predicted molar refractivity (Wildman–Crippen MR) is 91.5 cm³/mol. The molecule has 0 aromatic heterocycles. The van der Waals surface area contributed by atoms with Gasteiger partial charge in [-0.2, -0.15) is 0 Å². The minimum Gasteiger partial charge on any atom is -0.508 e. The number of carbonyl (C=O) groups is 1. The van der Waals surface area contributed by atoms with Crippen LogP contribution in [0.25, 0.3) is 6.08 Å². The Balaban J connectivity index is 1.56. The molecule has 1 saturated heterocycles. The fraction of sp³-hybridized carbons (Fsp3) is 0.0588. The number of amidine groups is 1. The molecule has 1 fully saturated rings. The Labute approximate surface area is 141 Å². The number of nitrogens with one attached hydrogen (secondary N) is 1. The Bertz CT molecular complexity index is 875. The first-order valence-corrected chi connectivity index (χ1v) is 7.97. The largest absolute Gasteiger partial charge is 0.508 e. The van der Waals surface area contributed by atoms with Crippen LogP contribution in [0.1, 0.15) is 5.56 Å². The number of phenols is 1. The molecule has 0 aliphatic carbocycles. The first-order chi connectivity index (χ1) is 11.7. The molecule has 2 N–H and O–H groups in total. The maximum Gasteiger partial charge on any atom is 0.264 e. The van der Waals surface area contributed by atoms with Crippen molar-refractivity contribution in [3.05, 3.63) is 52.9 Å². The molecule has 2 aromatic rings. The first-order valence-electron chi connectivity index (χ1n) is 7.16. The van der Waals surface area contributed by atoms with Crippen LogP contribution in [-0.4, -0.2) is 23.0 Å². The molecule has 24 heavy (non-hydrogen) atoms. The third kappa shape index (κ3) is 2.93. The summed E-state index contributed by atoms with van der Waals surface area (Å²) in [6, 6.07) is 12.0. The Morgan fingerprint density at radius 1 is 1.12 bits per heavy atom. The SMILES string of the molecule is O=C1NC(=Nc2ccc(O)cc2)SC1=Cc1ccc2c(c1)OCO2. The molecule has 6 nitrogen and oxygen atoms in total. The van der Waals surface area contributed by atoms with Crippen molar-refractivity contribution < 1.29 is 19.4 Å². The third-order valence-corrected chi connectivity index (χ3v) is 4.34. The number of rotatable bonds is 2. The van der Waals surface area contributed by atoms with E-state index in [1.54, 1.807) is 30.3 Å². The molecule has 2 aliphatic heterocycles. The van der Waals surface area contributed by atoms with Crippen LogP contribution in [0.2, 0.25) is 0 Å². The van der Waals surface area contributed by atoms with E-state index in [1.165, 1.54) is 11.8 Å². The van der Waals surface area contributed by atoms with Crippen LogP contribution >= 0.6 is 11.8 Å². The lowest BCUT2D eigenvalue weighted by Gasteiger charge is -1.98. The van der Waals surface area contributed by atoms with Gasteiger partial charge in [0.2, 0.25) is 6.79 Å². The monoisotopic (exact) mass is 340 g/mol. The van der Waals surface area contributed by atoms with Crippen molar-refractivity contribution in [3.8, 4) is 17.2 Å². The van der Waals surface area contributed by atoms with Gasteiger partial charge >= 0.3 is 0 Å². The molecule has 1 amide bonds. The average Bonchev–Trinajstić information content (AvgIpc) is 3.16. The summed E-state index contributed by atoms with van der Waals surface area (Å²) in [7, 11) is 0. The van der Waals surface area contributed by atoms with Crippen molar-refractivity contribution in [2.24, 2.45) is 4.99 Å². The van der Waals surface area contributed by atoms with Crippen molar-refractivity contribution >= 4 is 34.6 Å². The number of amides is 1. The maximum atomic E-state index is 12.1. The molecule has 120 valence electrons. The molecule has 0 bridgehead atoms. The Morgan fingerprint density at radius 2 is 1.92 bits per heavy atom. The predicted octanol–water partition coefficient (Wildman–Crippen LogP) is 3.01. The fourth-order valence-electron chi connectivity index (χ4n) is 2.28. The standard InChI is InChI=1S/C17H12N2O4S/c20-12-4-2-11(3-5-12)18-17-19-16(21)15(24-17)8-10-1-6-13-14(7-10)23-9-22-13/h1-8,20H,9H2,(H,18,19,21). The third-order valence-electron chi connectivity index (χ3n) is 3.43. The number of carbonyl (C=O) groups excluding carboxylic acids is 1. The van der Waals surface area contributed by atoms with E-state index in [1.807, 2.05) is 18.2 Å². The highest BCUT2D eigenvalue weighted by atomic mass is 32.2. The van der Waals surface area contributed by atoms with Gasteiger partial charge < -0.3 is 19.9 Å². The summed E-state index contributed by atoms with van der Waals surface area (Å²) in [5, 5.41) is 12.5. The van der Waals surface area contributed by atoms with Crippen LogP contribution in [0.5, 0.6) is 17.2 Å². The number of fused-ring (bicyclic) bond motifs is 1. The van der Waals surface area contributed by atoms with Gasteiger partial charge in [0.25, 0.3) is 5.91 Å². The highest BCUT2D eigenvalue weighted by Gasteiger charge is 2.24. The second-order valence-corrected chi connectivity index (χ2v) is 6.14. The quantitative estimate of drug-likeness (QED) is 0.822. The minimum absolute atomic E-state index is 0.172. The summed E-state index contributed by atoms with van der Waals surface area (Å²) in [4.78, 5) is 17.0. The number of aromatic hydroxyl groups is 1. The Morgan fingerprint density at radius 3 is 2.75 bits per heavy atom. The zero-order valence-corrected chi connectivity index (χ0v) is 13.2. The van der Waals surface area contributed by atoms with E-state index in [-0.39, 0.29) is 18.4 Å².